The summed E-state index contributed by atoms with van der Waals surface area (Å²) in [6, 6.07) is 2.83. The summed E-state index contributed by atoms with van der Waals surface area (Å²) in [6.45, 7) is 3.33. The Bertz CT molecular complexity index is 627. The molecule has 0 heterocycles. The van der Waals surface area contributed by atoms with Gasteiger partial charge in [0.2, 0.25) is 10.0 Å². The van der Waals surface area contributed by atoms with Crippen molar-refractivity contribution in [2.75, 3.05) is 20.8 Å². The highest BCUT2D eigenvalue weighted by Crippen LogP contribution is 2.19. The number of sulfonamides is 1. The van der Waals surface area contributed by atoms with Crippen molar-refractivity contribution in [2.45, 2.75) is 24.3 Å². The van der Waals surface area contributed by atoms with Crippen LogP contribution < -0.4 is 4.72 Å². The number of methoxy groups -OCH3 is 2. The van der Waals surface area contributed by atoms with Gasteiger partial charge in [0.15, 0.2) is 0 Å². The molecule has 1 N–H and O–H groups in total. The number of carbonyl (C=O) groups excluding carboxylic acids is 1. The molecule has 0 unspecified atom stereocenters. The van der Waals surface area contributed by atoms with Crippen molar-refractivity contribution < 1.29 is 27.1 Å². The lowest BCUT2D eigenvalue weighted by atomic mass is 10.1. The molecule has 1 rings (SSSR count). The van der Waals surface area contributed by atoms with Gasteiger partial charge >= 0.3 is 5.97 Å². The number of carbonyl (C=O) groups is 1. The summed E-state index contributed by atoms with van der Waals surface area (Å²) in [7, 11) is -1.53. The summed E-state index contributed by atoms with van der Waals surface area (Å²) in [5, 5.41) is 0. The predicted molar refractivity (Wildman–Crippen MR) is 74.0 cm³/mol. The van der Waals surface area contributed by atoms with E-state index in [0.29, 0.717) is 0 Å². The summed E-state index contributed by atoms with van der Waals surface area (Å²) >= 11 is 0. The monoisotopic (exact) mass is 319 g/mol. The highest BCUT2D eigenvalue weighted by molar-refractivity contribution is 7.89. The third-order valence-corrected chi connectivity index (χ3v) is 4.32. The first kappa shape index (κ1) is 17.5. The number of hydrogen-bond donors (Lipinski definition) is 1. The number of esters is 1. The summed E-state index contributed by atoms with van der Waals surface area (Å²) in [6.07, 6.45) is 0. The number of halogens is 1. The second-order valence-electron chi connectivity index (χ2n) is 4.92. The molecule has 1 aromatic rings. The van der Waals surface area contributed by atoms with Crippen LogP contribution in [0.5, 0.6) is 0 Å². The fourth-order valence-electron chi connectivity index (χ4n) is 1.42. The second kappa shape index (κ2) is 6.50. The first-order valence-electron chi connectivity index (χ1n) is 6.05. The first-order valence-corrected chi connectivity index (χ1v) is 7.54. The molecule has 8 heteroatoms. The third kappa shape index (κ3) is 4.48. The second-order valence-corrected chi connectivity index (χ2v) is 6.66. The Morgan fingerprint density at radius 3 is 2.48 bits per heavy atom. The van der Waals surface area contributed by atoms with Gasteiger partial charge in [-0.3, -0.25) is 0 Å². The molecule has 0 aromatic heterocycles. The lowest BCUT2D eigenvalue weighted by Gasteiger charge is -2.23. The van der Waals surface area contributed by atoms with Gasteiger partial charge in [0.1, 0.15) is 5.82 Å². The molecule has 0 atom stereocenters. The molecule has 0 radical (unpaired) electrons. The molecule has 1 aromatic carbocycles. The van der Waals surface area contributed by atoms with E-state index in [2.05, 4.69) is 9.46 Å². The molecule has 0 aliphatic carbocycles. The zero-order valence-corrected chi connectivity index (χ0v) is 13.1. The van der Waals surface area contributed by atoms with Crippen LogP contribution in [0.15, 0.2) is 23.1 Å². The molecule has 0 saturated carbocycles. The van der Waals surface area contributed by atoms with Crippen LogP contribution in [0.1, 0.15) is 24.2 Å². The van der Waals surface area contributed by atoms with Gasteiger partial charge in [-0.15, -0.1) is 0 Å². The summed E-state index contributed by atoms with van der Waals surface area (Å²) in [5.74, 6) is -1.63. The molecule has 21 heavy (non-hydrogen) atoms. The van der Waals surface area contributed by atoms with Crippen molar-refractivity contribution in [3.05, 3.63) is 29.6 Å². The average Bonchev–Trinajstić information content (AvgIpc) is 2.44. The van der Waals surface area contributed by atoms with Gasteiger partial charge in [-0.25, -0.2) is 22.3 Å². The van der Waals surface area contributed by atoms with Gasteiger partial charge in [0.25, 0.3) is 0 Å². The van der Waals surface area contributed by atoms with Crippen LogP contribution in [0, 0.1) is 5.82 Å². The molecule has 0 amide bonds. The van der Waals surface area contributed by atoms with Gasteiger partial charge in [-0.1, -0.05) is 0 Å². The number of ether oxygens (including phenoxy) is 2. The van der Waals surface area contributed by atoms with Gasteiger partial charge in [0.05, 0.1) is 23.2 Å². The minimum atomic E-state index is -4.08. The standard InChI is InChI=1S/C13H18FNO5S/c1-13(2,20-4)8-15-21(17,18)11-7-9(14)5-6-10(11)12(16)19-3/h5-7,15H,8H2,1-4H3. The molecule has 0 spiro atoms. The van der Waals surface area contributed by atoms with Crippen LogP contribution in [0.25, 0.3) is 0 Å². The summed E-state index contributed by atoms with van der Waals surface area (Å²) in [4.78, 5) is 11.1. The summed E-state index contributed by atoms with van der Waals surface area (Å²) < 4.78 is 49.7. The van der Waals surface area contributed by atoms with Crippen LogP contribution in [0.3, 0.4) is 0 Å². The van der Waals surface area contributed by atoms with E-state index in [1.54, 1.807) is 13.8 Å². The Labute approximate surface area is 123 Å². The fourth-order valence-corrected chi connectivity index (χ4v) is 2.82. The lowest BCUT2D eigenvalue weighted by Crippen LogP contribution is -2.40. The van der Waals surface area contributed by atoms with Crippen molar-refractivity contribution >= 4 is 16.0 Å². The van der Waals surface area contributed by atoms with Crippen molar-refractivity contribution in [3.8, 4) is 0 Å². The van der Waals surface area contributed by atoms with Crippen LogP contribution in [0.2, 0.25) is 0 Å². The normalized spacial score (nSPS) is 12.2. The molecule has 0 fully saturated rings. The third-order valence-electron chi connectivity index (χ3n) is 2.88. The predicted octanol–water partition coefficient (Wildman–Crippen LogP) is 1.32. The van der Waals surface area contributed by atoms with E-state index in [9.17, 15) is 17.6 Å². The van der Waals surface area contributed by atoms with E-state index in [4.69, 9.17) is 4.74 Å². The first-order chi connectivity index (χ1) is 9.63. The Kier molecular flexibility index (Phi) is 5.43. The minimum absolute atomic E-state index is 0.0387. The number of rotatable bonds is 6. The van der Waals surface area contributed by atoms with E-state index in [-0.39, 0.29) is 12.1 Å². The van der Waals surface area contributed by atoms with E-state index in [1.807, 2.05) is 0 Å². The molecule has 0 aliphatic heterocycles. The zero-order chi connectivity index (χ0) is 16.3. The molecule has 6 nitrogen and oxygen atoms in total. The maximum Gasteiger partial charge on any atom is 0.339 e. The molecule has 0 bridgehead atoms. The number of nitrogens with one attached hydrogen (secondary N) is 1. The van der Waals surface area contributed by atoms with Crippen molar-refractivity contribution in [1.82, 2.24) is 4.72 Å². The maximum atomic E-state index is 13.3. The van der Waals surface area contributed by atoms with Crippen LogP contribution in [0.4, 0.5) is 4.39 Å². The molecule has 0 saturated heterocycles. The van der Waals surface area contributed by atoms with Crippen LogP contribution in [-0.2, 0) is 19.5 Å². The average molecular weight is 319 g/mol. The molecule has 118 valence electrons. The van der Waals surface area contributed by atoms with Gasteiger partial charge < -0.3 is 9.47 Å². The number of hydrogen-bond acceptors (Lipinski definition) is 5. The van der Waals surface area contributed by atoms with E-state index < -0.39 is 32.3 Å². The van der Waals surface area contributed by atoms with Crippen molar-refractivity contribution in [3.63, 3.8) is 0 Å². The Balaban J connectivity index is 3.19. The topological polar surface area (TPSA) is 81.7 Å². The highest BCUT2D eigenvalue weighted by atomic mass is 32.2. The van der Waals surface area contributed by atoms with Gasteiger partial charge in [-0.2, -0.15) is 0 Å². The van der Waals surface area contributed by atoms with E-state index >= 15 is 0 Å². The van der Waals surface area contributed by atoms with E-state index in [0.717, 1.165) is 25.3 Å². The SMILES string of the molecule is COC(=O)c1ccc(F)cc1S(=O)(=O)NCC(C)(C)OC. The van der Waals surface area contributed by atoms with Crippen molar-refractivity contribution in [1.29, 1.82) is 0 Å². The number of benzene rings is 1. The Morgan fingerprint density at radius 2 is 1.95 bits per heavy atom. The molecular weight excluding hydrogens is 301 g/mol. The van der Waals surface area contributed by atoms with E-state index in [1.165, 1.54) is 7.11 Å². The summed E-state index contributed by atoms with van der Waals surface area (Å²) in [5.41, 5.74) is -0.979. The van der Waals surface area contributed by atoms with Gasteiger partial charge in [0, 0.05) is 13.7 Å². The lowest BCUT2D eigenvalue weighted by molar-refractivity contribution is 0.0276. The Morgan fingerprint density at radius 1 is 1.33 bits per heavy atom. The van der Waals surface area contributed by atoms with Crippen LogP contribution >= 0.6 is 0 Å². The Hall–Kier alpha value is -1.51. The van der Waals surface area contributed by atoms with Gasteiger partial charge in [-0.05, 0) is 32.0 Å². The smallest absolute Gasteiger partial charge is 0.339 e. The fraction of sp³-hybridized carbons (Fsp3) is 0.462. The maximum absolute atomic E-state index is 13.3. The largest absolute Gasteiger partial charge is 0.465 e. The minimum Gasteiger partial charge on any atom is -0.465 e. The quantitative estimate of drug-likeness (QED) is 0.800. The van der Waals surface area contributed by atoms with Crippen LogP contribution in [-0.4, -0.2) is 40.8 Å². The highest BCUT2D eigenvalue weighted by Gasteiger charge is 2.26. The molecular formula is C13H18FNO5S. The molecule has 0 aliphatic rings. The van der Waals surface area contributed by atoms with Crippen molar-refractivity contribution in [2.24, 2.45) is 0 Å². The zero-order valence-electron chi connectivity index (χ0n) is 12.3.